The average Bonchev–Trinajstić information content (AvgIpc) is 3.47. The van der Waals surface area contributed by atoms with Crippen molar-refractivity contribution in [1.82, 2.24) is 23.0 Å². The standard InChI is InChI=1S/C24H31N7O4S2/c1-13(2)14-11-16(35-12-14)19(24(3,4)5)26-21-20(27-22-23(28-21)30-36-29-22)25-15-9-8-10-17(18(15)32)37(33,34)31(6)7/h8-13,19,32H,1-7H3,(H,25,27,29)(H,26,28,30)/t19-/m0/s1. The van der Waals surface area contributed by atoms with Crippen molar-refractivity contribution in [1.29, 1.82) is 0 Å². The third-order valence-corrected chi connectivity index (χ3v) is 8.22. The highest BCUT2D eigenvalue weighted by atomic mass is 32.2. The Morgan fingerprint density at radius 1 is 1.08 bits per heavy atom. The van der Waals surface area contributed by atoms with Gasteiger partial charge >= 0.3 is 0 Å². The zero-order chi connectivity index (χ0) is 27.1. The van der Waals surface area contributed by atoms with E-state index in [1.54, 1.807) is 12.3 Å². The molecular weight excluding hydrogens is 514 g/mol. The lowest BCUT2D eigenvalue weighted by atomic mass is 9.85. The first-order valence-electron chi connectivity index (χ1n) is 11.7. The predicted octanol–water partition coefficient (Wildman–Crippen LogP) is 5.10. The number of sulfonamides is 1. The van der Waals surface area contributed by atoms with Gasteiger partial charge in [0.2, 0.25) is 21.3 Å². The zero-order valence-corrected chi connectivity index (χ0v) is 23.4. The van der Waals surface area contributed by atoms with Gasteiger partial charge in [-0.1, -0.05) is 40.7 Å². The Balaban J connectivity index is 1.79. The Morgan fingerprint density at radius 2 is 1.73 bits per heavy atom. The molecule has 0 amide bonds. The van der Waals surface area contributed by atoms with Gasteiger partial charge in [-0.15, -0.1) is 0 Å². The molecule has 1 atom stereocenters. The minimum atomic E-state index is -3.88. The maximum atomic E-state index is 12.7. The molecule has 0 radical (unpaired) electrons. The van der Waals surface area contributed by atoms with E-state index in [1.807, 2.05) is 6.07 Å². The van der Waals surface area contributed by atoms with E-state index < -0.39 is 15.8 Å². The van der Waals surface area contributed by atoms with Gasteiger partial charge in [-0.3, -0.25) is 0 Å². The number of aromatic hydroxyl groups is 1. The number of para-hydroxylation sites is 1. The van der Waals surface area contributed by atoms with Crippen LogP contribution in [0.15, 0.2) is 39.8 Å². The van der Waals surface area contributed by atoms with Crippen molar-refractivity contribution in [3.8, 4) is 5.75 Å². The first-order chi connectivity index (χ1) is 17.3. The van der Waals surface area contributed by atoms with Gasteiger partial charge in [0, 0.05) is 14.1 Å². The van der Waals surface area contributed by atoms with E-state index in [0.29, 0.717) is 23.0 Å². The molecule has 0 aliphatic rings. The molecule has 0 unspecified atom stereocenters. The monoisotopic (exact) mass is 545 g/mol. The number of rotatable bonds is 8. The van der Waals surface area contributed by atoms with Crippen molar-refractivity contribution in [2.75, 3.05) is 24.7 Å². The fraction of sp³-hybridized carbons (Fsp3) is 0.417. The molecule has 0 saturated heterocycles. The number of phenols is 1. The summed E-state index contributed by atoms with van der Waals surface area (Å²) in [5.74, 6) is 1.21. The molecule has 37 heavy (non-hydrogen) atoms. The molecule has 1 aromatic carbocycles. The maximum absolute atomic E-state index is 12.7. The molecular formula is C24H31N7O4S2. The molecule has 11 nitrogen and oxygen atoms in total. The summed E-state index contributed by atoms with van der Waals surface area (Å²) in [5, 5.41) is 17.3. The normalized spacial score (nSPS) is 13.4. The van der Waals surface area contributed by atoms with E-state index in [-0.39, 0.29) is 27.9 Å². The lowest BCUT2D eigenvalue weighted by Crippen LogP contribution is -2.26. The summed E-state index contributed by atoms with van der Waals surface area (Å²) in [6, 6.07) is 6.16. The van der Waals surface area contributed by atoms with Crippen LogP contribution in [-0.4, -0.2) is 50.6 Å². The second kappa shape index (κ2) is 9.88. The van der Waals surface area contributed by atoms with Crippen molar-refractivity contribution in [2.45, 2.75) is 51.5 Å². The Hall–Kier alpha value is -3.29. The number of nitrogens with one attached hydrogen (secondary N) is 2. The van der Waals surface area contributed by atoms with Crippen LogP contribution in [-0.2, 0) is 10.0 Å². The van der Waals surface area contributed by atoms with Crippen LogP contribution in [0.2, 0.25) is 0 Å². The largest absolute Gasteiger partial charge is 0.504 e. The average molecular weight is 546 g/mol. The fourth-order valence-electron chi connectivity index (χ4n) is 3.65. The van der Waals surface area contributed by atoms with Crippen molar-refractivity contribution >= 4 is 50.4 Å². The van der Waals surface area contributed by atoms with Crippen LogP contribution >= 0.6 is 11.7 Å². The van der Waals surface area contributed by atoms with E-state index in [1.165, 1.54) is 26.2 Å². The number of hydrogen-bond acceptors (Lipinski definition) is 11. The van der Waals surface area contributed by atoms with Crippen molar-refractivity contribution in [3.63, 3.8) is 0 Å². The number of fused-ring (bicyclic) bond motifs is 1. The summed E-state index contributed by atoms with van der Waals surface area (Å²) >= 11 is 0.983. The second-order valence-corrected chi connectivity index (χ2v) is 12.9. The van der Waals surface area contributed by atoms with Crippen molar-refractivity contribution in [3.05, 3.63) is 41.9 Å². The molecule has 0 spiro atoms. The molecule has 3 aromatic heterocycles. The van der Waals surface area contributed by atoms with Gasteiger partial charge in [-0.25, -0.2) is 22.7 Å². The minimum Gasteiger partial charge on any atom is -0.504 e. The third-order valence-electron chi connectivity index (χ3n) is 5.86. The predicted molar refractivity (Wildman–Crippen MR) is 144 cm³/mol. The van der Waals surface area contributed by atoms with Gasteiger partial charge in [0.15, 0.2) is 17.4 Å². The summed E-state index contributed by atoms with van der Waals surface area (Å²) in [4.78, 5) is 8.96. The van der Waals surface area contributed by atoms with Crippen LogP contribution in [0.1, 0.15) is 57.9 Å². The van der Waals surface area contributed by atoms with Gasteiger partial charge in [0.25, 0.3) is 0 Å². The van der Waals surface area contributed by atoms with E-state index in [9.17, 15) is 13.5 Å². The number of aromatic nitrogens is 4. The van der Waals surface area contributed by atoms with Gasteiger partial charge in [-0.2, -0.15) is 8.75 Å². The molecule has 0 aliphatic heterocycles. The van der Waals surface area contributed by atoms with E-state index in [4.69, 9.17) is 4.42 Å². The van der Waals surface area contributed by atoms with Crippen LogP contribution in [0.3, 0.4) is 0 Å². The highest BCUT2D eigenvalue weighted by Crippen LogP contribution is 2.40. The topological polar surface area (TPSA) is 146 Å². The molecule has 3 heterocycles. The summed E-state index contributed by atoms with van der Waals surface area (Å²) in [5.41, 5.74) is 1.62. The van der Waals surface area contributed by atoms with E-state index in [2.05, 4.69) is 64.0 Å². The Morgan fingerprint density at radius 3 is 2.30 bits per heavy atom. The molecule has 0 fully saturated rings. The van der Waals surface area contributed by atoms with Gasteiger partial charge in [-0.05, 0) is 35.1 Å². The number of nitrogens with zero attached hydrogens (tertiary/aromatic N) is 5. The first kappa shape index (κ1) is 26.8. The van der Waals surface area contributed by atoms with E-state index >= 15 is 0 Å². The Labute approximate surface area is 220 Å². The van der Waals surface area contributed by atoms with Gasteiger partial charge in [0.1, 0.15) is 10.7 Å². The molecule has 198 valence electrons. The summed E-state index contributed by atoms with van der Waals surface area (Å²) in [6.07, 6.45) is 1.76. The molecule has 0 aliphatic carbocycles. The number of anilines is 3. The molecule has 4 aromatic rings. The number of hydrogen-bond donors (Lipinski definition) is 3. The van der Waals surface area contributed by atoms with E-state index in [0.717, 1.165) is 27.4 Å². The SMILES string of the molecule is CC(C)c1coc([C@H](Nc2nc3nsnc3nc2Nc2cccc(S(=O)(=O)N(C)C)c2O)C(C)(C)C)c1. The van der Waals surface area contributed by atoms with Gasteiger partial charge < -0.3 is 20.2 Å². The van der Waals surface area contributed by atoms with Crippen LogP contribution in [0.5, 0.6) is 5.75 Å². The summed E-state index contributed by atoms with van der Waals surface area (Å²) in [6.45, 7) is 10.4. The lowest BCUT2D eigenvalue weighted by Gasteiger charge is -2.30. The van der Waals surface area contributed by atoms with Crippen LogP contribution in [0.4, 0.5) is 17.3 Å². The Kier molecular flexibility index (Phi) is 7.14. The molecule has 0 bridgehead atoms. The second-order valence-electron chi connectivity index (χ2n) is 10.3. The Bertz CT molecular complexity index is 1520. The van der Waals surface area contributed by atoms with Crippen molar-refractivity contribution in [2.24, 2.45) is 5.41 Å². The lowest BCUT2D eigenvalue weighted by molar-refractivity contribution is 0.303. The number of furan rings is 1. The highest BCUT2D eigenvalue weighted by Gasteiger charge is 2.31. The van der Waals surface area contributed by atoms with Crippen molar-refractivity contribution < 1.29 is 17.9 Å². The van der Waals surface area contributed by atoms with Crippen LogP contribution in [0.25, 0.3) is 11.3 Å². The van der Waals surface area contributed by atoms with Gasteiger partial charge in [0.05, 0.1) is 29.7 Å². The van der Waals surface area contributed by atoms with Crippen LogP contribution in [0, 0.1) is 5.41 Å². The quantitative estimate of drug-likeness (QED) is 0.256. The summed E-state index contributed by atoms with van der Waals surface area (Å²) in [7, 11) is -1.08. The first-order valence-corrected chi connectivity index (χ1v) is 13.8. The number of phenolic OH excluding ortho intramolecular Hbond substituents is 1. The number of benzene rings is 1. The molecule has 4 rings (SSSR count). The third kappa shape index (κ3) is 5.38. The maximum Gasteiger partial charge on any atom is 0.246 e. The molecule has 13 heteroatoms. The molecule has 3 N–H and O–H groups in total. The smallest absolute Gasteiger partial charge is 0.246 e. The summed E-state index contributed by atoms with van der Waals surface area (Å²) < 4.78 is 40.8. The zero-order valence-electron chi connectivity index (χ0n) is 21.8. The molecule has 0 saturated carbocycles. The highest BCUT2D eigenvalue weighted by molar-refractivity contribution is 7.89. The fourth-order valence-corrected chi connectivity index (χ4v) is 5.09. The minimum absolute atomic E-state index is 0.148. The van der Waals surface area contributed by atoms with Crippen LogP contribution < -0.4 is 10.6 Å².